The van der Waals surface area contributed by atoms with Gasteiger partial charge in [0.25, 0.3) is 0 Å². The molecule has 0 spiro atoms. The summed E-state index contributed by atoms with van der Waals surface area (Å²) >= 11 is 0. The van der Waals surface area contributed by atoms with E-state index in [4.69, 9.17) is 14.6 Å². The molecule has 0 saturated carbocycles. The quantitative estimate of drug-likeness (QED) is 0.776. The van der Waals surface area contributed by atoms with E-state index in [0.717, 1.165) is 0 Å². The smallest absolute Gasteiger partial charge is 0.400 e. The molecule has 0 bridgehead atoms. The lowest BCUT2D eigenvalue weighted by Crippen LogP contribution is -2.41. The molecule has 20 heavy (non-hydrogen) atoms. The van der Waals surface area contributed by atoms with Gasteiger partial charge in [0.2, 0.25) is 0 Å². The summed E-state index contributed by atoms with van der Waals surface area (Å²) in [6.07, 6.45) is 1.58. The van der Waals surface area contributed by atoms with Gasteiger partial charge in [0.05, 0.1) is 16.8 Å². The molecule has 1 aliphatic heterocycles. The van der Waals surface area contributed by atoms with Gasteiger partial charge in [0, 0.05) is 5.56 Å². The van der Waals surface area contributed by atoms with Crippen LogP contribution in [-0.4, -0.2) is 18.3 Å². The fourth-order valence-electron chi connectivity index (χ4n) is 1.91. The van der Waals surface area contributed by atoms with Crippen LogP contribution in [0.15, 0.2) is 24.2 Å². The average Bonchev–Trinajstić information content (AvgIpc) is 2.56. The van der Waals surface area contributed by atoms with Crippen LogP contribution in [0.25, 0.3) is 6.08 Å². The normalized spacial score (nSPS) is 20.3. The molecule has 0 amide bonds. The molecule has 104 valence electrons. The van der Waals surface area contributed by atoms with Gasteiger partial charge in [-0.25, -0.2) is 4.39 Å². The Kier molecular flexibility index (Phi) is 3.72. The fraction of sp³-hybridized carbons (Fsp3) is 0.400. The van der Waals surface area contributed by atoms with Gasteiger partial charge < -0.3 is 9.31 Å². The molecule has 1 fully saturated rings. The second-order valence-electron chi connectivity index (χ2n) is 5.80. The molecule has 1 aromatic carbocycles. The minimum absolute atomic E-state index is 0.0288. The number of nitriles is 1. The zero-order valence-corrected chi connectivity index (χ0v) is 12.1. The topological polar surface area (TPSA) is 42.2 Å². The van der Waals surface area contributed by atoms with Gasteiger partial charge in [-0.05, 0) is 33.8 Å². The van der Waals surface area contributed by atoms with E-state index in [9.17, 15) is 4.39 Å². The minimum Gasteiger partial charge on any atom is -0.400 e. The Balaban J connectivity index is 2.19. The summed E-state index contributed by atoms with van der Waals surface area (Å²) in [5, 5.41) is 8.80. The summed E-state index contributed by atoms with van der Waals surface area (Å²) < 4.78 is 25.5. The predicted molar refractivity (Wildman–Crippen MR) is 76.2 cm³/mol. The Hall–Kier alpha value is -1.64. The molecule has 1 aromatic rings. The highest BCUT2D eigenvalue weighted by atomic mass is 19.1. The van der Waals surface area contributed by atoms with Crippen LogP contribution in [-0.2, 0) is 9.31 Å². The van der Waals surface area contributed by atoms with Crippen molar-refractivity contribution in [3.05, 3.63) is 41.1 Å². The molecule has 0 radical (unpaired) electrons. The van der Waals surface area contributed by atoms with Crippen molar-refractivity contribution in [1.29, 1.82) is 5.26 Å². The lowest BCUT2D eigenvalue weighted by atomic mass is 9.89. The third-order valence-corrected chi connectivity index (χ3v) is 3.85. The van der Waals surface area contributed by atoms with Crippen LogP contribution in [0.3, 0.4) is 0 Å². The van der Waals surface area contributed by atoms with Crippen LogP contribution >= 0.6 is 0 Å². The summed E-state index contributed by atoms with van der Waals surface area (Å²) in [6.45, 7) is 7.82. The largest absolute Gasteiger partial charge is 0.487 e. The molecule has 0 unspecified atom stereocenters. The highest BCUT2D eigenvalue weighted by Gasteiger charge is 2.49. The minimum atomic E-state index is -0.525. The monoisotopic (exact) mass is 273 g/mol. The van der Waals surface area contributed by atoms with Crippen molar-refractivity contribution in [1.82, 2.24) is 0 Å². The van der Waals surface area contributed by atoms with Crippen molar-refractivity contribution in [2.24, 2.45) is 0 Å². The Morgan fingerprint density at radius 1 is 1.20 bits per heavy atom. The molecular formula is C15H17BFNO2. The Bertz CT molecular complexity index is 574. The standard InChI is InChI=1S/C15H17BFNO2/c1-14(2)15(3,4)20-16(19-14)9-8-11-6-5-7-12(10-18)13(11)17/h5-9H,1-4H3/b9-8+. The van der Waals surface area contributed by atoms with Crippen LogP contribution in [0.2, 0.25) is 0 Å². The van der Waals surface area contributed by atoms with E-state index in [1.165, 1.54) is 6.07 Å². The Morgan fingerprint density at radius 2 is 1.80 bits per heavy atom. The molecule has 1 saturated heterocycles. The molecule has 1 aliphatic rings. The van der Waals surface area contributed by atoms with Crippen LogP contribution in [0.1, 0.15) is 38.8 Å². The molecule has 3 nitrogen and oxygen atoms in total. The van der Waals surface area contributed by atoms with Crippen LogP contribution in [0, 0.1) is 17.1 Å². The molecule has 0 aromatic heterocycles. The number of hydrogen-bond acceptors (Lipinski definition) is 3. The van der Waals surface area contributed by atoms with E-state index >= 15 is 0 Å². The van der Waals surface area contributed by atoms with E-state index in [0.29, 0.717) is 5.56 Å². The van der Waals surface area contributed by atoms with Gasteiger partial charge in [0.15, 0.2) is 0 Å². The van der Waals surface area contributed by atoms with Gasteiger partial charge >= 0.3 is 7.12 Å². The van der Waals surface area contributed by atoms with Gasteiger partial charge in [-0.2, -0.15) is 5.26 Å². The van der Waals surface area contributed by atoms with E-state index in [1.54, 1.807) is 24.2 Å². The first-order valence-electron chi connectivity index (χ1n) is 6.49. The third-order valence-electron chi connectivity index (χ3n) is 3.85. The van der Waals surface area contributed by atoms with E-state index in [1.807, 2.05) is 33.8 Å². The first kappa shape index (κ1) is 14.8. The van der Waals surface area contributed by atoms with Gasteiger partial charge in [-0.1, -0.05) is 24.2 Å². The SMILES string of the molecule is CC1(C)OB(/C=C/c2cccc(C#N)c2F)OC1(C)C. The third kappa shape index (κ3) is 2.62. The molecule has 5 heteroatoms. The number of benzene rings is 1. The lowest BCUT2D eigenvalue weighted by Gasteiger charge is -2.32. The summed E-state index contributed by atoms with van der Waals surface area (Å²) in [5.41, 5.74) is -0.468. The molecule has 0 aliphatic carbocycles. The van der Waals surface area contributed by atoms with E-state index in [-0.39, 0.29) is 5.56 Å². The molecule has 2 rings (SSSR count). The van der Waals surface area contributed by atoms with E-state index in [2.05, 4.69) is 0 Å². The molecule has 0 atom stereocenters. The predicted octanol–water partition coefficient (Wildman–Crippen LogP) is 3.34. The van der Waals surface area contributed by atoms with Crippen molar-refractivity contribution in [2.75, 3.05) is 0 Å². The highest BCUT2D eigenvalue weighted by molar-refractivity contribution is 6.52. The van der Waals surface area contributed by atoms with Crippen LogP contribution < -0.4 is 0 Å². The maximum absolute atomic E-state index is 13.9. The second kappa shape index (κ2) is 5.04. The summed E-state index contributed by atoms with van der Waals surface area (Å²) in [5.74, 6) is 1.14. The first-order valence-corrected chi connectivity index (χ1v) is 6.49. The van der Waals surface area contributed by atoms with Crippen molar-refractivity contribution in [2.45, 2.75) is 38.9 Å². The number of halogens is 1. The fourth-order valence-corrected chi connectivity index (χ4v) is 1.91. The van der Waals surface area contributed by atoms with Crippen molar-refractivity contribution >= 4 is 13.2 Å². The van der Waals surface area contributed by atoms with Crippen LogP contribution in [0.5, 0.6) is 0 Å². The second-order valence-corrected chi connectivity index (χ2v) is 5.80. The highest BCUT2D eigenvalue weighted by Crippen LogP contribution is 2.37. The van der Waals surface area contributed by atoms with E-state index < -0.39 is 24.1 Å². The number of nitrogens with zero attached hydrogens (tertiary/aromatic N) is 1. The van der Waals surface area contributed by atoms with Gasteiger partial charge in [-0.3, -0.25) is 0 Å². The lowest BCUT2D eigenvalue weighted by molar-refractivity contribution is 0.00578. The van der Waals surface area contributed by atoms with Gasteiger partial charge in [-0.15, -0.1) is 0 Å². The summed E-state index contributed by atoms with van der Waals surface area (Å²) in [4.78, 5) is 0. The maximum Gasteiger partial charge on any atom is 0.487 e. The summed E-state index contributed by atoms with van der Waals surface area (Å²) in [6, 6.07) is 6.52. The zero-order valence-electron chi connectivity index (χ0n) is 12.1. The molecular weight excluding hydrogens is 256 g/mol. The Morgan fingerprint density at radius 3 is 2.35 bits per heavy atom. The molecule has 1 heterocycles. The first-order chi connectivity index (χ1) is 9.27. The molecule has 0 N–H and O–H groups in total. The van der Waals surface area contributed by atoms with Crippen molar-refractivity contribution in [3.63, 3.8) is 0 Å². The van der Waals surface area contributed by atoms with Crippen molar-refractivity contribution < 1.29 is 13.7 Å². The zero-order chi connectivity index (χ0) is 15.0. The Labute approximate surface area is 119 Å². The van der Waals surface area contributed by atoms with Crippen molar-refractivity contribution in [3.8, 4) is 6.07 Å². The summed E-state index contributed by atoms with van der Waals surface area (Å²) in [7, 11) is -0.523. The maximum atomic E-state index is 13.9. The number of rotatable bonds is 2. The number of hydrogen-bond donors (Lipinski definition) is 0. The average molecular weight is 273 g/mol. The van der Waals surface area contributed by atoms with Crippen LogP contribution in [0.4, 0.5) is 4.39 Å². The van der Waals surface area contributed by atoms with Gasteiger partial charge in [0.1, 0.15) is 11.9 Å².